The molecule has 1 atom stereocenters. The second kappa shape index (κ2) is 6.31. The van der Waals surface area contributed by atoms with Crippen molar-refractivity contribution in [3.05, 3.63) is 50.5 Å². The van der Waals surface area contributed by atoms with E-state index >= 15 is 0 Å². The maximum Gasteiger partial charge on any atom is 0.270 e. The van der Waals surface area contributed by atoms with Crippen LogP contribution < -0.4 is 10.9 Å². The summed E-state index contributed by atoms with van der Waals surface area (Å²) in [6, 6.07) is 4.38. The summed E-state index contributed by atoms with van der Waals surface area (Å²) in [6.45, 7) is 1.23. The van der Waals surface area contributed by atoms with Crippen molar-refractivity contribution < 1.29 is 13.9 Å². The van der Waals surface area contributed by atoms with Crippen molar-refractivity contribution in [3.8, 4) is 0 Å². The number of carbonyl (C=O) groups excluding carboxylic acids is 1. The molecule has 132 valence electrons. The molecule has 1 aromatic heterocycles. The summed E-state index contributed by atoms with van der Waals surface area (Å²) >= 11 is 5.88. The highest BCUT2D eigenvalue weighted by atomic mass is 35.5. The van der Waals surface area contributed by atoms with Gasteiger partial charge in [0.15, 0.2) is 0 Å². The molecule has 25 heavy (non-hydrogen) atoms. The van der Waals surface area contributed by atoms with Crippen LogP contribution in [-0.4, -0.2) is 28.9 Å². The number of hydrogen-bond donors (Lipinski definition) is 2. The highest BCUT2D eigenvalue weighted by Crippen LogP contribution is 2.38. The minimum Gasteiger partial charge on any atom is -0.381 e. The van der Waals surface area contributed by atoms with Crippen LogP contribution in [0.2, 0.25) is 5.02 Å². The first-order chi connectivity index (χ1) is 12.0. The number of carbonyl (C=O) groups is 1. The van der Waals surface area contributed by atoms with E-state index in [0.29, 0.717) is 30.2 Å². The molecule has 0 saturated carbocycles. The number of aromatic amines is 1. The molecule has 6 nitrogen and oxygen atoms in total. The second-order valence-electron chi connectivity index (χ2n) is 6.40. The Kier molecular flexibility index (Phi) is 4.13. The van der Waals surface area contributed by atoms with Gasteiger partial charge < -0.3 is 10.1 Å². The number of aromatic nitrogens is 2. The minimum atomic E-state index is -0.528. The Morgan fingerprint density at radius 2 is 2.00 bits per heavy atom. The standard InChI is InChI=1S/C17H17ClFN3O3/c18-12-7-9(1-2-13(12)19)11-8-14(23)20-16-15(11)17(24)21-22(16)10-3-5-25-6-4-10/h1-2,7,10-11H,3-6,8H2,(H,20,23)(H,21,24)/t11-/m1/s1. The van der Waals surface area contributed by atoms with Gasteiger partial charge in [0.2, 0.25) is 5.91 Å². The van der Waals surface area contributed by atoms with Crippen LogP contribution in [0.3, 0.4) is 0 Å². The molecule has 2 N–H and O–H groups in total. The van der Waals surface area contributed by atoms with Crippen molar-refractivity contribution in [2.45, 2.75) is 31.2 Å². The normalized spacial score (nSPS) is 21.0. The summed E-state index contributed by atoms with van der Waals surface area (Å²) in [5, 5.41) is 5.65. The van der Waals surface area contributed by atoms with Gasteiger partial charge in [0.25, 0.3) is 5.56 Å². The first-order valence-corrected chi connectivity index (χ1v) is 8.59. The second-order valence-corrected chi connectivity index (χ2v) is 6.80. The Labute approximate surface area is 147 Å². The largest absolute Gasteiger partial charge is 0.381 e. The van der Waals surface area contributed by atoms with Crippen molar-refractivity contribution in [1.29, 1.82) is 0 Å². The van der Waals surface area contributed by atoms with E-state index in [2.05, 4.69) is 10.4 Å². The van der Waals surface area contributed by atoms with E-state index in [9.17, 15) is 14.0 Å². The molecule has 2 aromatic rings. The van der Waals surface area contributed by atoms with Gasteiger partial charge in [-0.05, 0) is 30.5 Å². The molecule has 0 bridgehead atoms. The number of benzene rings is 1. The summed E-state index contributed by atoms with van der Waals surface area (Å²) in [4.78, 5) is 24.8. The van der Waals surface area contributed by atoms with E-state index in [1.165, 1.54) is 12.1 Å². The van der Waals surface area contributed by atoms with E-state index in [1.54, 1.807) is 10.7 Å². The zero-order valence-electron chi connectivity index (χ0n) is 13.4. The monoisotopic (exact) mass is 365 g/mol. The number of hydrogen-bond acceptors (Lipinski definition) is 3. The molecule has 1 aromatic carbocycles. The summed E-state index contributed by atoms with van der Waals surface area (Å²) in [6.07, 6.45) is 1.65. The van der Waals surface area contributed by atoms with E-state index in [0.717, 1.165) is 12.8 Å². The average molecular weight is 366 g/mol. The van der Waals surface area contributed by atoms with Gasteiger partial charge in [-0.3, -0.25) is 19.4 Å². The molecule has 1 amide bonds. The molecule has 3 heterocycles. The molecule has 8 heteroatoms. The van der Waals surface area contributed by atoms with E-state index in [4.69, 9.17) is 16.3 Å². The number of halogens is 2. The van der Waals surface area contributed by atoms with Crippen LogP contribution in [0, 0.1) is 5.82 Å². The van der Waals surface area contributed by atoms with Gasteiger partial charge in [0.1, 0.15) is 11.6 Å². The molecular weight excluding hydrogens is 349 g/mol. The van der Waals surface area contributed by atoms with Crippen LogP contribution in [-0.2, 0) is 9.53 Å². The van der Waals surface area contributed by atoms with Gasteiger partial charge in [-0.15, -0.1) is 0 Å². The molecular formula is C17H17ClFN3O3. The lowest BCUT2D eigenvalue weighted by atomic mass is 9.87. The minimum absolute atomic E-state index is 0.0228. The third-order valence-electron chi connectivity index (χ3n) is 4.86. The van der Waals surface area contributed by atoms with Crippen molar-refractivity contribution in [3.63, 3.8) is 0 Å². The van der Waals surface area contributed by atoms with Gasteiger partial charge in [-0.1, -0.05) is 17.7 Å². The topological polar surface area (TPSA) is 76.1 Å². The first-order valence-electron chi connectivity index (χ1n) is 8.21. The fourth-order valence-corrected chi connectivity index (χ4v) is 3.80. The maximum absolute atomic E-state index is 13.5. The molecule has 2 aliphatic heterocycles. The van der Waals surface area contributed by atoms with Crippen molar-refractivity contribution in [2.75, 3.05) is 18.5 Å². The van der Waals surface area contributed by atoms with Crippen LogP contribution in [0.15, 0.2) is 23.0 Å². The Morgan fingerprint density at radius 3 is 2.72 bits per heavy atom. The number of fused-ring (bicyclic) bond motifs is 1. The van der Waals surface area contributed by atoms with Crippen molar-refractivity contribution in [1.82, 2.24) is 9.78 Å². The van der Waals surface area contributed by atoms with E-state index in [-0.39, 0.29) is 29.0 Å². The Hall–Kier alpha value is -2.12. The Balaban J connectivity index is 1.80. The molecule has 0 radical (unpaired) electrons. The molecule has 1 fully saturated rings. The number of rotatable bonds is 2. The lowest BCUT2D eigenvalue weighted by Crippen LogP contribution is -2.28. The zero-order valence-corrected chi connectivity index (χ0v) is 14.1. The smallest absolute Gasteiger partial charge is 0.270 e. The van der Waals surface area contributed by atoms with Gasteiger partial charge in [0, 0.05) is 25.6 Å². The quantitative estimate of drug-likeness (QED) is 0.859. The van der Waals surface area contributed by atoms with Crippen molar-refractivity contribution >= 4 is 23.3 Å². The van der Waals surface area contributed by atoms with Gasteiger partial charge in [0.05, 0.1) is 16.6 Å². The van der Waals surface area contributed by atoms with Gasteiger partial charge in [-0.2, -0.15) is 0 Å². The van der Waals surface area contributed by atoms with Crippen LogP contribution in [0.4, 0.5) is 10.2 Å². The Morgan fingerprint density at radius 1 is 1.24 bits per heavy atom. The Bertz CT molecular complexity index is 886. The highest BCUT2D eigenvalue weighted by Gasteiger charge is 2.34. The van der Waals surface area contributed by atoms with Crippen LogP contribution in [0.1, 0.15) is 42.3 Å². The SMILES string of the molecule is O=C1C[C@H](c2ccc(F)c(Cl)c2)c2c(n(C3CCOCC3)[nH]c2=O)N1. The number of nitrogens with one attached hydrogen (secondary N) is 2. The van der Waals surface area contributed by atoms with E-state index in [1.807, 2.05) is 0 Å². The summed E-state index contributed by atoms with van der Waals surface area (Å²) in [5.41, 5.74) is 0.901. The molecule has 2 aliphatic rings. The fraction of sp³-hybridized carbons (Fsp3) is 0.412. The van der Waals surface area contributed by atoms with Gasteiger partial charge >= 0.3 is 0 Å². The molecule has 1 saturated heterocycles. The number of anilines is 1. The van der Waals surface area contributed by atoms with Crippen LogP contribution >= 0.6 is 11.6 Å². The number of ether oxygens (including phenoxy) is 1. The van der Waals surface area contributed by atoms with Crippen LogP contribution in [0.5, 0.6) is 0 Å². The predicted octanol–water partition coefficient (Wildman–Crippen LogP) is 2.79. The number of H-pyrrole nitrogens is 1. The summed E-state index contributed by atoms with van der Waals surface area (Å²) in [7, 11) is 0. The highest BCUT2D eigenvalue weighted by molar-refractivity contribution is 6.30. The average Bonchev–Trinajstić information content (AvgIpc) is 2.94. The predicted molar refractivity (Wildman–Crippen MR) is 90.6 cm³/mol. The van der Waals surface area contributed by atoms with Gasteiger partial charge in [-0.25, -0.2) is 4.39 Å². The molecule has 0 aliphatic carbocycles. The third kappa shape index (κ3) is 2.87. The number of nitrogens with zero attached hydrogens (tertiary/aromatic N) is 1. The lowest BCUT2D eigenvalue weighted by Gasteiger charge is -2.28. The molecule has 0 spiro atoms. The first kappa shape index (κ1) is 16.4. The number of amides is 1. The molecule has 0 unspecified atom stereocenters. The lowest BCUT2D eigenvalue weighted by molar-refractivity contribution is -0.116. The molecule has 4 rings (SSSR count). The van der Waals surface area contributed by atoms with E-state index < -0.39 is 11.7 Å². The third-order valence-corrected chi connectivity index (χ3v) is 5.15. The summed E-state index contributed by atoms with van der Waals surface area (Å²) in [5.74, 6) is -0.664. The van der Waals surface area contributed by atoms with Crippen molar-refractivity contribution in [2.24, 2.45) is 0 Å². The summed E-state index contributed by atoms with van der Waals surface area (Å²) < 4.78 is 20.6. The maximum atomic E-state index is 13.5. The fourth-order valence-electron chi connectivity index (χ4n) is 3.62. The zero-order chi connectivity index (χ0) is 17.6. The van der Waals surface area contributed by atoms with Crippen LogP contribution in [0.25, 0.3) is 0 Å².